The Morgan fingerprint density at radius 2 is 2.00 bits per heavy atom. The number of nitrogens with zero attached hydrogens (tertiary/aromatic N) is 1. The first-order valence-corrected chi connectivity index (χ1v) is 7.35. The summed E-state index contributed by atoms with van der Waals surface area (Å²) in [6, 6.07) is 8.75. The van der Waals surface area contributed by atoms with Crippen molar-refractivity contribution >= 4 is 33.8 Å². The van der Waals surface area contributed by atoms with Gasteiger partial charge in [-0.25, -0.2) is 5.43 Å². The van der Waals surface area contributed by atoms with Gasteiger partial charge >= 0.3 is 10.1 Å². The maximum Gasteiger partial charge on any atom is 0.328 e. The molecule has 21 heavy (non-hydrogen) atoms. The molecule has 0 saturated heterocycles. The molecule has 0 spiro atoms. The molecular formula is C12H9ClN2O5S. The molecule has 2 rings (SSSR count). The Bertz CT molecular complexity index is 797. The molecule has 0 atom stereocenters. The van der Waals surface area contributed by atoms with Crippen LogP contribution in [0.3, 0.4) is 0 Å². The number of halogens is 1. The third-order valence-corrected chi connectivity index (χ3v) is 3.39. The van der Waals surface area contributed by atoms with Crippen LogP contribution in [0, 0.1) is 0 Å². The second-order valence-electron chi connectivity index (χ2n) is 3.81. The highest BCUT2D eigenvalue weighted by Gasteiger charge is 2.14. The van der Waals surface area contributed by atoms with Crippen molar-refractivity contribution in [1.29, 1.82) is 0 Å². The van der Waals surface area contributed by atoms with Crippen LogP contribution in [0.25, 0.3) is 0 Å². The van der Waals surface area contributed by atoms with Gasteiger partial charge in [0.05, 0.1) is 16.8 Å². The molecule has 0 unspecified atom stereocenters. The van der Waals surface area contributed by atoms with Gasteiger partial charge in [-0.2, -0.15) is 13.5 Å². The average molecular weight is 329 g/mol. The first kappa shape index (κ1) is 15.2. The second-order valence-corrected chi connectivity index (χ2v) is 5.57. The minimum atomic E-state index is -4.41. The van der Waals surface area contributed by atoms with Crippen molar-refractivity contribution in [3.63, 3.8) is 0 Å². The van der Waals surface area contributed by atoms with Crippen molar-refractivity contribution in [1.82, 2.24) is 5.43 Å². The van der Waals surface area contributed by atoms with E-state index in [1.165, 1.54) is 12.1 Å². The lowest BCUT2D eigenvalue weighted by atomic mass is 10.2. The number of hydrazone groups is 1. The molecule has 0 fully saturated rings. The quantitative estimate of drug-likeness (QED) is 0.506. The first-order valence-electron chi connectivity index (χ1n) is 5.53. The predicted molar refractivity (Wildman–Crippen MR) is 75.0 cm³/mol. The zero-order valence-electron chi connectivity index (χ0n) is 10.4. The topological polar surface area (TPSA) is 109 Å². The zero-order chi connectivity index (χ0) is 15.5. The molecule has 9 heteroatoms. The lowest BCUT2D eigenvalue weighted by Gasteiger charge is -2.01. The Hall–Kier alpha value is -2.16. The average Bonchev–Trinajstić information content (AvgIpc) is 2.88. The van der Waals surface area contributed by atoms with E-state index in [0.717, 1.165) is 12.3 Å². The smallest absolute Gasteiger partial charge is 0.328 e. The molecule has 0 saturated carbocycles. The van der Waals surface area contributed by atoms with Crippen molar-refractivity contribution in [2.24, 2.45) is 5.10 Å². The minimum absolute atomic E-state index is 0.0436. The number of nitrogens with one attached hydrogen (secondary N) is 1. The van der Waals surface area contributed by atoms with Crippen molar-refractivity contribution in [3.05, 3.63) is 52.7 Å². The maximum absolute atomic E-state index is 11.7. The fourth-order valence-electron chi connectivity index (χ4n) is 1.40. The lowest BCUT2D eigenvalue weighted by Crippen LogP contribution is -2.17. The number of rotatable bonds is 4. The Labute approximate surface area is 125 Å². The molecule has 2 aromatic rings. The molecule has 0 radical (unpaired) electrons. The standard InChI is InChI=1S/C12H9ClN2O5S/c13-10-4-2-1-3-9(10)12(16)15-14-7-8-5-6-11(20-8)21(17,18)19/h1-7H,(H,15,16)(H,17,18,19)/b14-7+. The van der Waals surface area contributed by atoms with E-state index >= 15 is 0 Å². The van der Waals surface area contributed by atoms with E-state index in [0.29, 0.717) is 0 Å². The molecule has 0 aliphatic rings. The summed E-state index contributed by atoms with van der Waals surface area (Å²) in [7, 11) is -4.41. The fourth-order valence-corrected chi connectivity index (χ4v) is 2.07. The molecule has 0 aliphatic carbocycles. The van der Waals surface area contributed by atoms with E-state index < -0.39 is 21.1 Å². The summed E-state index contributed by atoms with van der Waals surface area (Å²) in [6.07, 6.45) is 1.09. The van der Waals surface area contributed by atoms with Crippen molar-refractivity contribution in [2.45, 2.75) is 5.09 Å². The van der Waals surface area contributed by atoms with Gasteiger partial charge in [0.2, 0.25) is 5.09 Å². The van der Waals surface area contributed by atoms with Gasteiger partial charge in [-0.15, -0.1) is 0 Å². The monoisotopic (exact) mass is 328 g/mol. The van der Waals surface area contributed by atoms with E-state index in [9.17, 15) is 13.2 Å². The SMILES string of the molecule is O=C(N/N=C/c1ccc(S(=O)(=O)O)o1)c1ccccc1Cl. The van der Waals surface area contributed by atoms with Crippen LogP contribution in [-0.2, 0) is 10.1 Å². The van der Waals surface area contributed by atoms with E-state index in [-0.39, 0.29) is 16.3 Å². The number of benzene rings is 1. The summed E-state index contributed by atoms with van der Waals surface area (Å²) >= 11 is 5.84. The highest BCUT2D eigenvalue weighted by Crippen LogP contribution is 2.14. The number of amides is 1. The van der Waals surface area contributed by atoms with Crippen LogP contribution in [0.5, 0.6) is 0 Å². The van der Waals surface area contributed by atoms with Gasteiger partial charge in [-0.3, -0.25) is 9.35 Å². The van der Waals surface area contributed by atoms with Crippen LogP contribution in [-0.4, -0.2) is 25.1 Å². The fraction of sp³-hybridized carbons (Fsp3) is 0. The van der Waals surface area contributed by atoms with E-state index in [2.05, 4.69) is 10.5 Å². The minimum Gasteiger partial charge on any atom is -0.441 e. The number of carbonyl (C=O) groups is 1. The van der Waals surface area contributed by atoms with Gasteiger partial charge in [0, 0.05) is 0 Å². The summed E-state index contributed by atoms with van der Waals surface area (Å²) in [4.78, 5) is 11.7. The van der Waals surface area contributed by atoms with E-state index in [1.807, 2.05) is 0 Å². The number of hydrogen-bond acceptors (Lipinski definition) is 5. The number of furan rings is 1. The summed E-state index contributed by atoms with van der Waals surface area (Å²) in [5.74, 6) is -0.486. The predicted octanol–water partition coefficient (Wildman–Crippen LogP) is 1.94. The third-order valence-electron chi connectivity index (χ3n) is 2.33. The Kier molecular flexibility index (Phi) is 4.41. The summed E-state index contributed by atoms with van der Waals surface area (Å²) < 4.78 is 35.1. The van der Waals surface area contributed by atoms with Crippen LogP contribution >= 0.6 is 11.6 Å². The lowest BCUT2D eigenvalue weighted by molar-refractivity contribution is 0.0955. The molecule has 1 amide bonds. The molecule has 7 nitrogen and oxygen atoms in total. The molecule has 0 aliphatic heterocycles. The molecule has 2 N–H and O–H groups in total. The summed E-state index contributed by atoms with van der Waals surface area (Å²) in [5, 5.41) is 3.27. The Morgan fingerprint density at radius 3 is 2.62 bits per heavy atom. The highest BCUT2D eigenvalue weighted by atomic mass is 35.5. The van der Waals surface area contributed by atoms with Crippen LogP contribution in [0.4, 0.5) is 0 Å². The van der Waals surface area contributed by atoms with Gasteiger partial charge < -0.3 is 4.42 Å². The third kappa shape index (κ3) is 3.91. The van der Waals surface area contributed by atoms with Crippen LogP contribution < -0.4 is 5.43 Å². The Balaban J connectivity index is 2.05. The van der Waals surface area contributed by atoms with Gasteiger partial charge in [-0.05, 0) is 24.3 Å². The van der Waals surface area contributed by atoms with Gasteiger partial charge in [0.15, 0.2) is 0 Å². The zero-order valence-corrected chi connectivity index (χ0v) is 11.9. The van der Waals surface area contributed by atoms with Crippen molar-refractivity contribution < 1.29 is 22.2 Å². The van der Waals surface area contributed by atoms with E-state index in [1.54, 1.807) is 18.2 Å². The van der Waals surface area contributed by atoms with Crippen molar-refractivity contribution in [3.8, 4) is 0 Å². The molecular weight excluding hydrogens is 320 g/mol. The van der Waals surface area contributed by atoms with E-state index in [4.69, 9.17) is 20.6 Å². The van der Waals surface area contributed by atoms with Gasteiger partial charge in [0.25, 0.3) is 5.91 Å². The van der Waals surface area contributed by atoms with Gasteiger partial charge in [0.1, 0.15) is 5.76 Å². The molecule has 1 heterocycles. The molecule has 110 valence electrons. The highest BCUT2D eigenvalue weighted by molar-refractivity contribution is 7.85. The van der Waals surface area contributed by atoms with Gasteiger partial charge in [-0.1, -0.05) is 23.7 Å². The normalized spacial score (nSPS) is 11.7. The molecule has 1 aromatic heterocycles. The van der Waals surface area contributed by atoms with Crippen LogP contribution in [0.2, 0.25) is 5.02 Å². The largest absolute Gasteiger partial charge is 0.441 e. The summed E-state index contributed by atoms with van der Waals surface area (Å²) in [6.45, 7) is 0. The number of carbonyl (C=O) groups excluding carboxylic acids is 1. The molecule has 0 bridgehead atoms. The molecule has 1 aromatic carbocycles. The van der Waals surface area contributed by atoms with Crippen LogP contribution in [0.15, 0.2) is 51.0 Å². The van der Waals surface area contributed by atoms with Crippen LogP contribution in [0.1, 0.15) is 16.1 Å². The first-order chi connectivity index (χ1) is 9.88. The maximum atomic E-state index is 11.7. The van der Waals surface area contributed by atoms with Crippen molar-refractivity contribution in [2.75, 3.05) is 0 Å². The Morgan fingerprint density at radius 1 is 1.29 bits per heavy atom. The summed E-state index contributed by atoms with van der Waals surface area (Å²) in [5.41, 5.74) is 2.46. The second kappa shape index (κ2) is 6.08. The number of hydrogen-bond donors (Lipinski definition) is 2.